The average Bonchev–Trinajstić information content (AvgIpc) is 2.60. The molecular weight excluding hydrogens is 204 g/mol. The van der Waals surface area contributed by atoms with Crippen molar-refractivity contribution >= 4 is 11.6 Å². The lowest BCUT2D eigenvalue weighted by Gasteiger charge is -2.31. The monoisotopic (exact) mass is 218 g/mol. The number of anilines is 1. The zero-order chi connectivity index (χ0) is 11.1. The van der Waals surface area contributed by atoms with Gasteiger partial charge in [-0.05, 0) is 31.9 Å². The lowest BCUT2D eigenvalue weighted by Crippen LogP contribution is -2.39. The van der Waals surface area contributed by atoms with Gasteiger partial charge < -0.3 is 10.4 Å². The van der Waals surface area contributed by atoms with E-state index in [1.807, 2.05) is 29.6 Å². The van der Waals surface area contributed by atoms with Gasteiger partial charge in [-0.2, -0.15) is 4.98 Å². The highest BCUT2D eigenvalue weighted by Crippen LogP contribution is 2.22. The van der Waals surface area contributed by atoms with Crippen LogP contribution in [0, 0.1) is 6.92 Å². The van der Waals surface area contributed by atoms with E-state index in [2.05, 4.69) is 15.4 Å². The van der Waals surface area contributed by atoms with Gasteiger partial charge in [-0.1, -0.05) is 6.07 Å². The highest BCUT2D eigenvalue weighted by atomic mass is 16.3. The van der Waals surface area contributed by atoms with Gasteiger partial charge in [0, 0.05) is 11.7 Å². The molecule has 0 bridgehead atoms. The van der Waals surface area contributed by atoms with E-state index >= 15 is 0 Å². The van der Waals surface area contributed by atoms with Gasteiger partial charge in [-0.25, -0.2) is 4.52 Å². The van der Waals surface area contributed by atoms with E-state index in [1.54, 1.807) is 0 Å². The van der Waals surface area contributed by atoms with Gasteiger partial charge in [-0.3, -0.25) is 0 Å². The molecule has 0 aromatic carbocycles. The summed E-state index contributed by atoms with van der Waals surface area (Å²) in [6.45, 7) is 2.00. The van der Waals surface area contributed by atoms with Crippen LogP contribution in [0.4, 0.5) is 5.95 Å². The Morgan fingerprint density at radius 3 is 2.94 bits per heavy atom. The van der Waals surface area contributed by atoms with Crippen LogP contribution in [-0.4, -0.2) is 31.9 Å². The molecule has 0 spiro atoms. The van der Waals surface area contributed by atoms with Crippen molar-refractivity contribution < 1.29 is 5.11 Å². The number of rotatable bonds is 2. The summed E-state index contributed by atoms with van der Waals surface area (Å²) in [6, 6.07) is 6.21. The highest BCUT2D eigenvalue weighted by Gasteiger charge is 2.27. The summed E-state index contributed by atoms with van der Waals surface area (Å²) >= 11 is 0. The van der Waals surface area contributed by atoms with E-state index in [-0.39, 0.29) is 6.10 Å². The maximum atomic E-state index is 9.19. The maximum Gasteiger partial charge on any atom is 0.243 e. The molecular formula is C11H14N4O. The lowest BCUT2D eigenvalue weighted by atomic mass is 9.90. The first-order valence-electron chi connectivity index (χ1n) is 5.49. The number of hydrogen-bond acceptors (Lipinski definition) is 4. The van der Waals surface area contributed by atoms with Crippen LogP contribution < -0.4 is 5.32 Å². The van der Waals surface area contributed by atoms with E-state index < -0.39 is 0 Å². The zero-order valence-corrected chi connectivity index (χ0v) is 9.09. The van der Waals surface area contributed by atoms with Gasteiger partial charge in [0.15, 0.2) is 5.65 Å². The molecule has 2 N–H and O–H groups in total. The fraction of sp³-hybridized carbons (Fsp3) is 0.455. The zero-order valence-electron chi connectivity index (χ0n) is 9.09. The third kappa shape index (κ3) is 1.53. The van der Waals surface area contributed by atoms with Crippen molar-refractivity contribution in [2.45, 2.75) is 31.9 Å². The Morgan fingerprint density at radius 1 is 1.44 bits per heavy atom. The van der Waals surface area contributed by atoms with Crippen molar-refractivity contribution in [3.63, 3.8) is 0 Å². The van der Waals surface area contributed by atoms with Gasteiger partial charge in [0.05, 0.1) is 6.10 Å². The third-order valence-electron chi connectivity index (χ3n) is 3.00. The number of pyridine rings is 1. The van der Waals surface area contributed by atoms with Crippen molar-refractivity contribution in [3.8, 4) is 0 Å². The number of aliphatic hydroxyl groups excluding tert-OH is 1. The smallest absolute Gasteiger partial charge is 0.243 e. The summed E-state index contributed by atoms with van der Waals surface area (Å²) in [5.41, 5.74) is 1.91. The number of nitrogens with zero attached hydrogens (tertiary/aromatic N) is 3. The summed E-state index contributed by atoms with van der Waals surface area (Å²) in [5.74, 6) is 0.645. The number of aliphatic hydroxyl groups is 1. The summed E-state index contributed by atoms with van der Waals surface area (Å²) in [5, 5.41) is 16.8. The molecule has 0 atom stereocenters. The number of aromatic nitrogens is 3. The van der Waals surface area contributed by atoms with Crippen molar-refractivity contribution in [3.05, 3.63) is 23.9 Å². The Labute approximate surface area is 93.1 Å². The van der Waals surface area contributed by atoms with Crippen LogP contribution in [0.3, 0.4) is 0 Å². The second kappa shape index (κ2) is 3.45. The number of aryl methyl sites for hydroxylation is 1. The summed E-state index contributed by atoms with van der Waals surface area (Å²) in [4.78, 5) is 4.38. The number of fused-ring (bicyclic) bond motifs is 1. The molecule has 0 saturated heterocycles. The molecule has 5 heteroatoms. The Hall–Kier alpha value is -1.62. The SMILES string of the molecule is Cc1cccc2nc(NC3CC(O)C3)nn12. The van der Waals surface area contributed by atoms with Crippen molar-refractivity contribution in [2.75, 3.05) is 5.32 Å². The van der Waals surface area contributed by atoms with Crippen molar-refractivity contribution in [2.24, 2.45) is 0 Å². The van der Waals surface area contributed by atoms with Crippen LogP contribution in [0.2, 0.25) is 0 Å². The normalized spacial score (nSPS) is 24.4. The molecule has 16 heavy (non-hydrogen) atoms. The van der Waals surface area contributed by atoms with E-state index in [4.69, 9.17) is 0 Å². The van der Waals surface area contributed by atoms with E-state index in [9.17, 15) is 5.11 Å². The summed E-state index contributed by atoms with van der Waals surface area (Å²) in [7, 11) is 0. The predicted octanol–water partition coefficient (Wildman–Crippen LogP) is 0.973. The van der Waals surface area contributed by atoms with Gasteiger partial charge in [-0.15, -0.1) is 5.10 Å². The topological polar surface area (TPSA) is 62.5 Å². The third-order valence-corrected chi connectivity index (χ3v) is 3.00. The molecule has 2 aromatic rings. The van der Waals surface area contributed by atoms with Crippen LogP contribution >= 0.6 is 0 Å². The standard InChI is InChI=1S/C11H14N4O/c1-7-3-2-4-10-13-11(14-15(7)10)12-8-5-9(16)6-8/h2-4,8-9,16H,5-6H2,1H3,(H,12,14). The van der Waals surface area contributed by atoms with Crippen molar-refractivity contribution in [1.29, 1.82) is 0 Å². The Kier molecular flexibility index (Phi) is 2.07. The first kappa shape index (κ1) is 9.59. The molecule has 5 nitrogen and oxygen atoms in total. The summed E-state index contributed by atoms with van der Waals surface area (Å²) < 4.78 is 1.82. The Balaban J connectivity index is 1.85. The van der Waals surface area contributed by atoms with Gasteiger partial charge in [0.25, 0.3) is 0 Å². The first-order chi connectivity index (χ1) is 7.72. The molecule has 0 radical (unpaired) electrons. The molecule has 0 amide bonds. The van der Waals surface area contributed by atoms with Gasteiger partial charge >= 0.3 is 0 Å². The van der Waals surface area contributed by atoms with Gasteiger partial charge in [0.2, 0.25) is 5.95 Å². The molecule has 1 aliphatic carbocycles. The Bertz CT molecular complexity index is 516. The van der Waals surface area contributed by atoms with Crippen LogP contribution in [0.1, 0.15) is 18.5 Å². The molecule has 2 heterocycles. The fourth-order valence-electron chi connectivity index (χ4n) is 1.99. The quantitative estimate of drug-likeness (QED) is 0.788. The van der Waals surface area contributed by atoms with Crippen LogP contribution in [0.15, 0.2) is 18.2 Å². The molecule has 2 aromatic heterocycles. The maximum absolute atomic E-state index is 9.19. The minimum atomic E-state index is -0.156. The molecule has 0 aliphatic heterocycles. The predicted molar refractivity (Wildman–Crippen MR) is 60.4 cm³/mol. The second-order valence-electron chi connectivity index (χ2n) is 4.34. The summed E-state index contributed by atoms with van der Waals surface area (Å²) in [6.07, 6.45) is 1.42. The minimum Gasteiger partial charge on any atom is -0.393 e. The fourth-order valence-corrected chi connectivity index (χ4v) is 1.99. The van der Waals surface area contributed by atoms with Crippen LogP contribution in [0.5, 0.6) is 0 Å². The average molecular weight is 218 g/mol. The largest absolute Gasteiger partial charge is 0.393 e. The molecule has 1 aliphatic rings. The van der Waals surface area contributed by atoms with Crippen molar-refractivity contribution in [1.82, 2.24) is 14.6 Å². The van der Waals surface area contributed by atoms with Gasteiger partial charge in [0.1, 0.15) is 0 Å². The highest BCUT2D eigenvalue weighted by molar-refractivity contribution is 5.44. The van der Waals surface area contributed by atoms with Crippen LogP contribution in [0.25, 0.3) is 5.65 Å². The number of hydrogen-bond donors (Lipinski definition) is 2. The molecule has 1 saturated carbocycles. The van der Waals surface area contributed by atoms with E-state index in [0.29, 0.717) is 12.0 Å². The molecule has 84 valence electrons. The van der Waals surface area contributed by atoms with E-state index in [0.717, 1.165) is 24.2 Å². The second-order valence-corrected chi connectivity index (χ2v) is 4.34. The number of nitrogens with one attached hydrogen (secondary N) is 1. The first-order valence-corrected chi connectivity index (χ1v) is 5.49. The van der Waals surface area contributed by atoms with E-state index in [1.165, 1.54) is 0 Å². The minimum absolute atomic E-state index is 0.156. The van der Waals surface area contributed by atoms with Crippen LogP contribution in [-0.2, 0) is 0 Å². The molecule has 1 fully saturated rings. The molecule has 3 rings (SSSR count). The molecule has 0 unspecified atom stereocenters. The lowest BCUT2D eigenvalue weighted by molar-refractivity contribution is 0.0834. The Morgan fingerprint density at radius 2 is 2.25 bits per heavy atom.